The van der Waals surface area contributed by atoms with E-state index in [1.165, 1.54) is 7.11 Å². The van der Waals surface area contributed by atoms with Crippen LogP contribution in [0, 0.1) is 0 Å². The zero-order chi connectivity index (χ0) is 17.3. The maximum absolute atomic E-state index is 11.5. The lowest BCUT2D eigenvalue weighted by atomic mass is 9.75. The Kier molecular flexibility index (Phi) is 4.97. The number of carbonyl (C=O) groups excluding carboxylic acids is 2. The van der Waals surface area contributed by atoms with Crippen molar-refractivity contribution < 1.29 is 23.6 Å². The lowest BCUT2D eigenvalue weighted by Gasteiger charge is -2.32. The third-order valence-corrected chi connectivity index (χ3v) is 4.63. The van der Waals surface area contributed by atoms with Crippen LogP contribution < -0.4 is 5.46 Å². The van der Waals surface area contributed by atoms with Gasteiger partial charge in [0.2, 0.25) is 0 Å². The number of carbonyl (C=O) groups is 2. The zero-order valence-electron chi connectivity index (χ0n) is 14.3. The minimum absolute atomic E-state index is 0.271. The summed E-state index contributed by atoms with van der Waals surface area (Å²) in [5.41, 5.74) is 1.21. The molecule has 1 heterocycles. The first-order valence-electron chi connectivity index (χ1n) is 7.70. The number of hydrogen-bond donors (Lipinski definition) is 0. The molecule has 0 unspecified atom stereocenters. The molecule has 1 fully saturated rings. The SMILES string of the molecule is COC(=O)CCc1ccc(B2OC(C)(C)C(C)(C)O2)c(C=O)c1. The Morgan fingerprint density at radius 1 is 1.22 bits per heavy atom. The molecule has 124 valence electrons. The molecule has 0 N–H and O–H groups in total. The maximum Gasteiger partial charge on any atom is 0.495 e. The van der Waals surface area contributed by atoms with Gasteiger partial charge in [-0.1, -0.05) is 12.1 Å². The molecule has 6 heteroatoms. The molecule has 0 spiro atoms. The smallest absolute Gasteiger partial charge is 0.469 e. The Morgan fingerprint density at radius 3 is 2.35 bits per heavy atom. The van der Waals surface area contributed by atoms with Gasteiger partial charge in [-0.05, 0) is 51.2 Å². The van der Waals surface area contributed by atoms with Crippen LogP contribution in [0.2, 0.25) is 0 Å². The quantitative estimate of drug-likeness (QED) is 0.471. The van der Waals surface area contributed by atoms with E-state index in [-0.39, 0.29) is 12.4 Å². The Bertz CT molecular complexity index is 593. The lowest BCUT2D eigenvalue weighted by molar-refractivity contribution is -0.140. The molecule has 0 bridgehead atoms. The first-order chi connectivity index (χ1) is 10.7. The summed E-state index contributed by atoms with van der Waals surface area (Å²) in [5.74, 6) is -0.271. The van der Waals surface area contributed by atoms with E-state index in [1.54, 1.807) is 6.07 Å². The van der Waals surface area contributed by atoms with E-state index >= 15 is 0 Å². The lowest BCUT2D eigenvalue weighted by Crippen LogP contribution is -2.41. The molecule has 0 amide bonds. The Labute approximate surface area is 137 Å². The molecule has 0 saturated carbocycles. The van der Waals surface area contributed by atoms with Gasteiger partial charge in [0.1, 0.15) is 6.29 Å². The summed E-state index contributed by atoms with van der Waals surface area (Å²) in [6.45, 7) is 7.88. The number of benzene rings is 1. The number of aldehydes is 1. The van der Waals surface area contributed by atoms with Crippen molar-refractivity contribution in [3.8, 4) is 0 Å². The zero-order valence-corrected chi connectivity index (χ0v) is 14.3. The van der Waals surface area contributed by atoms with Gasteiger partial charge in [-0.3, -0.25) is 9.59 Å². The molecule has 1 aromatic carbocycles. The van der Waals surface area contributed by atoms with Gasteiger partial charge in [-0.15, -0.1) is 0 Å². The van der Waals surface area contributed by atoms with Gasteiger partial charge in [0, 0.05) is 12.0 Å². The molecule has 1 aliphatic rings. The molecule has 0 radical (unpaired) electrons. The molecule has 23 heavy (non-hydrogen) atoms. The van der Waals surface area contributed by atoms with Crippen LogP contribution >= 0.6 is 0 Å². The van der Waals surface area contributed by atoms with Crippen LogP contribution in [-0.2, 0) is 25.3 Å². The summed E-state index contributed by atoms with van der Waals surface area (Å²) in [6.07, 6.45) is 1.60. The number of ether oxygens (including phenoxy) is 1. The maximum atomic E-state index is 11.5. The standard InChI is InChI=1S/C17H23BO5/c1-16(2)17(3,4)23-18(22-16)14-8-6-12(10-13(14)11-19)7-9-15(20)21-5/h6,8,10-11H,7,9H2,1-5H3. The second-order valence-electron chi connectivity index (χ2n) is 6.75. The highest BCUT2D eigenvalue weighted by atomic mass is 16.7. The van der Waals surface area contributed by atoms with Gasteiger partial charge in [0.15, 0.2) is 0 Å². The highest BCUT2D eigenvalue weighted by Crippen LogP contribution is 2.36. The van der Waals surface area contributed by atoms with E-state index in [2.05, 4.69) is 4.74 Å². The number of rotatable bonds is 5. The van der Waals surface area contributed by atoms with Crippen LogP contribution in [0.4, 0.5) is 0 Å². The number of esters is 1. The Balaban J connectivity index is 2.21. The first-order valence-corrected chi connectivity index (χ1v) is 7.70. The van der Waals surface area contributed by atoms with E-state index < -0.39 is 18.3 Å². The molecular formula is C17H23BO5. The van der Waals surface area contributed by atoms with Crippen LogP contribution in [0.5, 0.6) is 0 Å². The van der Waals surface area contributed by atoms with E-state index in [0.29, 0.717) is 17.4 Å². The fourth-order valence-corrected chi connectivity index (χ4v) is 2.41. The third-order valence-electron chi connectivity index (χ3n) is 4.63. The predicted molar refractivity (Wildman–Crippen MR) is 87.9 cm³/mol. The molecule has 0 atom stereocenters. The van der Waals surface area contributed by atoms with Crippen molar-refractivity contribution in [3.05, 3.63) is 29.3 Å². The van der Waals surface area contributed by atoms with Crippen molar-refractivity contribution in [2.45, 2.75) is 51.7 Å². The summed E-state index contributed by atoms with van der Waals surface area (Å²) in [5, 5.41) is 0. The fraction of sp³-hybridized carbons (Fsp3) is 0.529. The fourth-order valence-electron chi connectivity index (χ4n) is 2.41. The van der Waals surface area contributed by atoms with Crippen LogP contribution in [0.15, 0.2) is 18.2 Å². The Morgan fingerprint density at radius 2 is 1.83 bits per heavy atom. The van der Waals surface area contributed by atoms with Crippen LogP contribution in [0.3, 0.4) is 0 Å². The topological polar surface area (TPSA) is 61.8 Å². The normalized spacial score (nSPS) is 18.7. The monoisotopic (exact) mass is 318 g/mol. The van der Waals surface area contributed by atoms with Crippen LogP contribution in [0.1, 0.15) is 50.0 Å². The average Bonchev–Trinajstić information content (AvgIpc) is 2.72. The third kappa shape index (κ3) is 3.64. The first kappa shape index (κ1) is 17.7. The van der Waals surface area contributed by atoms with Gasteiger partial charge in [0.25, 0.3) is 0 Å². The van der Waals surface area contributed by atoms with Crippen molar-refractivity contribution in [1.29, 1.82) is 0 Å². The minimum atomic E-state index is -0.574. The highest BCUT2D eigenvalue weighted by molar-refractivity contribution is 6.63. The molecule has 1 aliphatic heterocycles. The average molecular weight is 318 g/mol. The summed E-state index contributed by atoms with van der Waals surface area (Å²) in [6, 6.07) is 5.49. The van der Waals surface area contributed by atoms with Crippen molar-refractivity contribution in [2.24, 2.45) is 0 Å². The molecule has 5 nitrogen and oxygen atoms in total. The van der Waals surface area contributed by atoms with E-state index in [9.17, 15) is 9.59 Å². The molecule has 0 aromatic heterocycles. The minimum Gasteiger partial charge on any atom is -0.469 e. The van der Waals surface area contributed by atoms with Gasteiger partial charge < -0.3 is 14.0 Å². The summed E-state index contributed by atoms with van der Waals surface area (Å²) in [4.78, 5) is 22.7. The summed E-state index contributed by atoms with van der Waals surface area (Å²) in [7, 11) is 0.787. The second-order valence-corrected chi connectivity index (χ2v) is 6.75. The van der Waals surface area contributed by atoms with Crippen molar-refractivity contribution >= 4 is 24.8 Å². The summed E-state index contributed by atoms with van der Waals surface area (Å²) >= 11 is 0. The van der Waals surface area contributed by atoms with Crippen molar-refractivity contribution in [3.63, 3.8) is 0 Å². The second kappa shape index (κ2) is 6.45. The molecule has 1 saturated heterocycles. The van der Waals surface area contributed by atoms with E-state index in [0.717, 1.165) is 11.8 Å². The van der Waals surface area contributed by atoms with E-state index in [4.69, 9.17) is 9.31 Å². The van der Waals surface area contributed by atoms with Crippen molar-refractivity contribution in [2.75, 3.05) is 7.11 Å². The number of aryl methyl sites for hydroxylation is 1. The molecule has 0 aliphatic carbocycles. The van der Waals surface area contributed by atoms with Gasteiger partial charge in [0.05, 0.1) is 18.3 Å². The van der Waals surface area contributed by atoms with Gasteiger partial charge >= 0.3 is 13.1 Å². The highest BCUT2D eigenvalue weighted by Gasteiger charge is 2.52. The number of methoxy groups -OCH3 is 1. The Hall–Kier alpha value is -1.66. The molecule has 1 aromatic rings. The van der Waals surface area contributed by atoms with Gasteiger partial charge in [-0.2, -0.15) is 0 Å². The van der Waals surface area contributed by atoms with E-state index in [1.807, 2.05) is 39.8 Å². The molecular weight excluding hydrogens is 295 g/mol. The van der Waals surface area contributed by atoms with Gasteiger partial charge in [-0.25, -0.2) is 0 Å². The molecule has 2 rings (SSSR count). The van der Waals surface area contributed by atoms with Crippen LogP contribution in [-0.4, -0.2) is 37.7 Å². The predicted octanol–water partition coefficient (Wildman–Crippen LogP) is 1.90. The van der Waals surface area contributed by atoms with Crippen LogP contribution in [0.25, 0.3) is 0 Å². The largest absolute Gasteiger partial charge is 0.495 e. The number of hydrogen-bond acceptors (Lipinski definition) is 5. The van der Waals surface area contributed by atoms with Crippen molar-refractivity contribution in [1.82, 2.24) is 0 Å². The summed E-state index contributed by atoms with van der Waals surface area (Å²) < 4.78 is 16.6.